The molecule has 2 unspecified atom stereocenters. The summed E-state index contributed by atoms with van der Waals surface area (Å²) in [4.78, 5) is 41.5. The maximum atomic E-state index is 13.0. The quantitative estimate of drug-likeness (QED) is 0.724. The average molecular weight is 402 g/mol. The van der Waals surface area contributed by atoms with E-state index in [1.807, 2.05) is 29.2 Å². The van der Waals surface area contributed by atoms with E-state index in [-0.39, 0.29) is 36.7 Å². The molecule has 1 N–H and O–H groups in total. The van der Waals surface area contributed by atoms with E-state index in [0.717, 1.165) is 50.1 Å². The van der Waals surface area contributed by atoms with Crippen LogP contribution in [0.3, 0.4) is 0 Å². The number of likely N-dealkylation sites (tertiary alicyclic amines) is 2. The molecule has 1 aromatic carbocycles. The number of methoxy groups -OCH3 is 1. The number of carbonyl (C=O) groups is 3. The van der Waals surface area contributed by atoms with Crippen LogP contribution in [0.15, 0.2) is 24.3 Å². The Morgan fingerprint density at radius 3 is 2.48 bits per heavy atom. The first-order valence-corrected chi connectivity index (χ1v) is 10.5. The van der Waals surface area contributed by atoms with Crippen molar-refractivity contribution >= 4 is 17.7 Å². The standard InChI is InChI=1S/C22H31N3O4/c1-3-4-13-25-19(26)14-18(21(25)16-7-9-17(29-2)10-8-16)22(28)23-15-20(27)24-11-5-6-12-24/h7-10,18,21H,3-6,11-15H2,1-2H3,(H,23,28). The number of carbonyl (C=O) groups excluding carboxylic acids is 3. The van der Waals surface area contributed by atoms with E-state index >= 15 is 0 Å². The fraction of sp³-hybridized carbons (Fsp3) is 0.591. The van der Waals surface area contributed by atoms with E-state index in [1.54, 1.807) is 12.0 Å². The fourth-order valence-corrected chi connectivity index (χ4v) is 4.20. The van der Waals surface area contributed by atoms with Crippen LogP contribution in [0.4, 0.5) is 0 Å². The van der Waals surface area contributed by atoms with Gasteiger partial charge in [0.2, 0.25) is 17.7 Å². The molecular formula is C22H31N3O4. The van der Waals surface area contributed by atoms with Gasteiger partial charge in [-0.1, -0.05) is 25.5 Å². The molecule has 0 bridgehead atoms. The van der Waals surface area contributed by atoms with Gasteiger partial charge in [-0.05, 0) is 37.0 Å². The Bertz CT molecular complexity index is 728. The first-order chi connectivity index (χ1) is 14.0. The molecule has 3 amide bonds. The fourth-order valence-electron chi connectivity index (χ4n) is 4.20. The third kappa shape index (κ3) is 4.89. The van der Waals surface area contributed by atoms with Crippen LogP contribution in [0.25, 0.3) is 0 Å². The second-order valence-electron chi connectivity index (χ2n) is 7.77. The lowest BCUT2D eigenvalue weighted by Gasteiger charge is -2.28. The van der Waals surface area contributed by atoms with Crippen molar-refractivity contribution in [1.82, 2.24) is 15.1 Å². The van der Waals surface area contributed by atoms with Crippen LogP contribution in [-0.4, -0.2) is 60.8 Å². The highest BCUT2D eigenvalue weighted by Crippen LogP contribution is 2.39. The maximum Gasteiger partial charge on any atom is 0.241 e. The summed E-state index contributed by atoms with van der Waals surface area (Å²) in [7, 11) is 1.61. The van der Waals surface area contributed by atoms with E-state index in [2.05, 4.69) is 12.2 Å². The molecule has 0 radical (unpaired) electrons. The van der Waals surface area contributed by atoms with Gasteiger partial charge in [0.15, 0.2) is 0 Å². The molecule has 2 heterocycles. The molecular weight excluding hydrogens is 370 g/mol. The monoisotopic (exact) mass is 401 g/mol. The minimum absolute atomic E-state index is 0.00613. The van der Waals surface area contributed by atoms with Gasteiger partial charge in [0.25, 0.3) is 0 Å². The van der Waals surface area contributed by atoms with Crippen LogP contribution in [0.2, 0.25) is 0 Å². The lowest BCUT2D eigenvalue weighted by atomic mass is 9.92. The number of rotatable bonds is 8. The van der Waals surface area contributed by atoms with Crippen molar-refractivity contribution < 1.29 is 19.1 Å². The van der Waals surface area contributed by atoms with Gasteiger partial charge in [-0.25, -0.2) is 0 Å². The number of nitrogens with zero attached hydrogens (tertiary/aromatic N) is 2. The van der Waals surface area contributed by atoms with E-state index < -0.39 is 5.92 Å². The molecule has 3 rings (SSSR count). The van der Waals surface area contributed by atoms with Crippen molar-refractivity contribution in [2.45, 2.75) is 45.1 Å². The Balaban J connectivity index is 1.73. The van der Waals surface area contributed by atoms with Gasteiger partial charge in [0.05, 0.1) is 25.6 Å². The largest absolute Gasteiger partial charge is 0.497 e. The third-order valence-electron chi connectivity index (χ3n) is 5.85. The molecule has 0 aliphatic carbocycles. The Hall–Kier alpha value is -2.57. The smallest absolute Gasteiger partial charge is 0.241 e. The summed E-state index contributed by atoms with van der Waals surface area (Å²) in [6, 6.07) is 7.21. The summed E-state index contributed by atoms with van der Waals surface area (Å²) in [5.41, 5.74) is 0.916. The van der Waals surface area contributed by atoms with Gasteiger partial charge in [-0.15, -0.1) is 0 Å². The molecule has 0 saturated carbocycles. The number of unbranched alkanes of at least 4 members (excludes halogenated alkanes) is 1. The number of ether oxygens (including phenoxy) is 1. The Kier molecular flexibility index (Phi) is 7.12. The van der Waals surface area contributed by atoms with Crippen LogP contribution in [0, 0.1) is 5.92 Å². The number of hydrogen-bond acceptors (Lipinski definition) is 4. The molecule has 0 spiro atoms. The molecule has 2 atom stereocenters. The summed E-state index contributed by atoms with van der Waals surface area (Å²) in [5.74, 6) is -0.0606. The molecule has 1 aromatic rings. The van der Waals surface area contributed by atoms with Gasteiger partial charge in [0, 0.05) is 26.1 Å². The summed E-state index contributed by atoms with van der Waals surface area (Å²) in [5, 5.41) is 2.79. The zero-order valence-electron chi connectivity index (χ0n) is 17.4. The van der Waals surface area contributed by atoms with Gasteiger partial charge in [-0.2, -0.15) is 0 Å². The lowest BCUT2D eigenvalue weighted by Crippen LogP contribution is -2.42. The van der Waals surface area contributed by atoms with E-state index in [9.17, 15) is 14.4 Å². The normalized spacial score (nSPS) is 21.5. The predicted octanol–water partition coefficient (Wildman–Crippen LogP) is 2.12. The predicted molar refractivity (Wildman–Crippen MR) is 109 cm³/mol. The molecule has 2 aliphatic rings. The number of benzene rings is 1. The van der Waals surface area contributed by atoms with Gasteiger partial charge in [0.1, 0.15) is 5.75 Å². The van der Waals surface area contributed by atoms with Crippen LogP contribution in [0.5, 0.6) is 5.75 Å². The average Bonchev–Trinajstić information content (AvgIpc) is 3.38. The van der Waals surface area contributed by atoms with Crippen molar-refractivity contribution in [3.63, 3.8) is 0 Å². The molecule has 158 valence electrons. The van der Waals surface area contributed by atoms with Crippen molar-refractivity contribution in [3.05, 3.63) is 29.8 Å². The molecule has 2 saturated heterocycles. The summed E-state index contributed by atoms with van der Waals surface area (Å²) in [6.07, 6.45) is 4.07. The van der Waals surface area contributed by atoms with Crippen LogP contribution in [0.1, 0.15) is 50.6 Å². The summed E-state index contributed by atoms with van der Waals surface area (Å²) in [6.45, 7) is 4.22. The SMILES string of the molecule is CCCCN1C(=O)CC(C(=O)NCC(=O)N2CCCC2)C1c1ccc(OC)cc1. The minimum atomic E-state index is -0.501. The van der Waals surface area contributed by atoms with E-state index in [0.29, 0.717) is 6.54 Å². The molecule has 2 fully saturated rings. The second kappa shape index (κ2) is 9.76. The second-order valence-corrected chi connectivity index (χ2v) is 7.77. The minimum Gasteiger partial charge on any atom is -0.497 e. The van der Waals surface area contributed by atoms with Crippen molar-refractivity contribution in [3.8, 4) is 5.75 Å². The maximum absolute atomic E-state index is 13.0. The number of hydrogen-bond donors (Lipinski definition) is 1. The zero-order chi connectivity index (χ0) is 20.8. The van der Waals surface area contributed by atoms with Crippen molar-refractivity contribution in [1.29, 1.82) is 0 Å². The van der Waals surface area contributed by atoms with Crippen LogP contribution in [-0.2, 0) is 14.4 Å². The zero-order valence-corrected chi connectivity index (χ0v) is 17.4. The topological polar surface area (TPSA) is 79.0 Å². The number of nitrogens with one attached hydrogen (secondary N) is 1. The Morgan fingerprint density at radius 2 is 1.86 bits per heavy atom. The summed E-state index contributed by atoms with van der Waals surface area (Å²) >= 11 is 0. The van der Waals surface area contributed by atoms with Gasteiger partial charge >= 0.3 is 0 Å². The van der Waals surface area contributed by atoms with E-state index in [4.69, 9.17) is 4.74 Å². The Morgan fingerprint density at radius 1 is 1.17 bits per heavy atom. The molecule has 29 heavy (non-hydrogen) atoms. The van der Waals surface area contributed by atoms with Gasteiger partial charge < -0.3 is 19.9 Å². The first kappa shape index (κ1) is 21.1. The van der Waals surface area contributed by atoms with Crippen molar-refractivity contribution in [2.75, 3.05) is 33.3 Å². The lowest BCUT2D eigenvalue weighted by molar-refractivity contribution is -0.133. The summed E-state index contributed by atoms with van der Waals surface area (Å²) < 4.78 is 5.23. The highest BCUT2D eigenvalue weighted by atomic mass is 16.5. The highest BCUT2D eigenvalue weighted by Gasteiger charge is 2.44. The Labute approximate surface area is 172 Å². The first-order valence-electron chi connectivity index (χ1n) is 10.5. The highest BCUT2D eigenvalue weighted by molar-refractivity contribution is 5.92. The molecule has 0 aromatic heterocycles. The van der Waals surface area contributed by atoms with Crippen LogP contribution < -0.4 is 10.1 Å². The molecule has 7 heteroatoms. The number of amides is 3. The van der Waals surface area contributed by atoms with Crippen molar-refractivity contribution in [2.24, 2.45) is 5.92 Å². The van der Waals surface area contributed by atoms with Crippen LogP contribution >= 0.6 is 0 Å². The molecule has 7 nitrogen and oxygen atoms in total. The third-order valence-corrected chi connectivity index (χ3v) is 5.85. The van der Waals surface area contributed by atoms with E-state index in [1.165, 1.54) is 0 Å². The molecule has 2 aliphatic heterocycles. The van der Waals surface area contributed by atoms with Gasteiger partial charge in [-0.3, -0.25) is 14.4 Å².